The standard InChI is InChI=1S/C31H33F3N4O2/c32-31(33,34)21-36-29(40)30(25-12-4-1-9-22(25)23-10-2-5-13-26(23)30)15-7-8-16-37-17-19-38(20-18-37)27-14-6-3-11-24(27)28(35)39/h1-6,9-14H,7-8,15-21H2,(H2,35,39)(H,36,40). The largest absolute Gasteiger partial charge is 0.405 e. The van der Waals surface area contributed by atoms with E-state index in [1.54, 1.807) is 12.1 Å². The molecule has 3 aromatic rings. The van der Waals surface area contributed by atoms with Gasteiger partial charge in [0, 0.05) is 31.9 Å². The van der Waals surface area contributed by atoms with Crippen LogP contribution in [-0.4, -0.2) is 62.2 Å². The molecule has 0 saturated carbocycles. The third kappa shape index (κ3) is 5.43. The summed E-state index contributed by atoms with van der Waals surface area (Å²) in [4.78, 5) is 30.0. The predicted octanol–water partition coefficient (Wildman–Crippen LogP) is 4.72. The molecule has 1 aliphatic heterocycles. The van der Waals surface area contributed by atoms with Gasteiger partial charge < -0.3 is 16.0 Å². The van der Waals surface area contributed by atoms with Crippen LogP contribution in [0.4, 0.5) is 18.9 Å². The number of nitrogens with zero attached hydrogens (tertiary/aromatic N) is 2. The zero-order valence-electron chi connectivity index (χ0n) is 22.2. The monoisotopic (exact) mass is 550 g/mol. The van der Waals surface area contributed by atoms with Crippen molar-refractivity contribution in [3.05, 3.63) is 89.5 Å². The molecule has 3 aromatic carbocycles. The fourth-order valence-corrected chi connectivity index (χ4v) is 6.18. The quantitative estimate of drug-likeness (QED) is 0.378. The van der Waals surface area contributed by atoms with E-state index in [-0.39, 0.29) is 0 Å². The van der Waals surface area contributed by atoms with Crippen LogP contribution >= 0.6 is 0 Å². The number of halogens is 3. The zero-order chi connectivity index (χ0) is 28.3. The van der Waals surface area contributed by atoms with E-state index in [9.17, 15) is 22.8 Å². The Labute approximate surface area is 232 Å². The van der Waals surface area contributed by atoms with Crippen molar-refractivity contribution < 1.29 is 22.8 Å². The molecule has 5 rings (SSSR count). The van der Waals surface area contributed by atoms with Gasteiger partial charge in [-0.25, -0.2) is 0 Å². The number of rotatable bonds is 9. The van der Waals surface area contributed by atoms with Gasteiger partial charge in [-0.15, -0.1) is 0 Å². The first-order valence-electron chi connectivity index (χ1n) is 13.6. The Bertz CT molecular complexity index is 1340. The second-order valence-corrected chi connectivity index (χ2v) is 10.5. The summed E-state index contributed by atoms with van der Waals surface area (Å²) in [6.45, 7) is 2.60. The van der Waals surface area contributed by atoms with Gasteiger partial charge in [-0.1, -0.05) is 67.1 Å². The van der Waals surface area contributed by atoms with E-state index in [0.717, 1.165) is 67.1 Å². The van der Waals surface area contributed by atoms with Crippen molar-refractivity contribution in [3.63, 3.8) is 0 Å². The second kappa shape index (κ2) is 11.3. The first kappa shape index (κ1) is 27.7. The molecule has 40 heavy (non-hydrogen) atoms. The smallest absolute Gasteiger partial charge is 0.368 e. The molecule has 0 unspecified atom stereocenters. The highest BCUT2D eigenvalue weighted by molar-refractivity contribution is 6.00. The number of hydrogen-bond donors (Lipinski definition) is 2. The maximum atomic E-state index is 13.6. The van der Waals surface area contributed by atoms with Crippen LogP contribution in [0.5, 0.6) is 0 Å². The first-order chi connectivity index (χ1) is 19.2. The number of fused-ring (bicyclic) bond motifs is 3. The first-order valence-corrected chi connectivity index (χ1v) is 13.6. The minimum absolute atomic E-state index is 0.413. The Hall–Kier alpha value is -3.85. The molecule has 1 fully saturated rings. The molecule has 1 saturated heterocycles. The highest BCUT2D eigenvalue weighted by Gasteiger charge is 2.49. The molecule has 2 aliphatic rings. The summed E-state index contributed by atoms with van der Waals surface area (Å²) in [6.07, 6.45) is -2.60. The molecule has 210 valence electrons. The molecule has 3 N–H and O–H groups in total. The lowest BCUT2D eigenvalue weighted by Gasteiger charge is -2.37. The number of amides is 2. The van der Waals surface area contributed by atoms with Crippen molar-refractivity contribution in [1.29, 1.82) is 0 Å². The van der Waals surface area contributed by atoms with Gasteiger partial charge in [0.05, 0.1) is 5.56 Å². The number of alkyl halides is 3. The van der Waals surface area contributed by atoms with Gasteiger partial charge >= 0.3 is 6.18 Å². The molecule has 0 spiro atoms. The molecule has 0 atom stereocenters. The average Bonchev–Trinajstić information content (AvgIpc) is 3.25. The number of anilines is 1. The molecule has 6 nitrogen and oxygen atoms in total. The minimum Gasteiger partial charge on any atom is -0.368 e. The van der Waals surface area contributed by atoms with Gasteiger partial charge in [0.25, 0.3) is 5.91 Å². The van der Waals surface area contributed by atoms with E-state index in [1.807, 2.05) is 60.7 Å². The Balaban J connectivity index is 1.26. The van der Waals surface area contributed by atoms with Crippen LogP contribution in [-0.2, 0) is 10.2 Å². The number of benzene rings is 3. The van der Waals surface area contributed by atoms with Crippen LogP contribution in [0, 0.1) is 0 Å². The van der Waals surface area contributed by atoms with Gasteiger partial charge in [-0.05, 0) is 53.8 Å². The highest BCUT2D eigenvalue weighted by atomic mass is 19.4. The minimum atomic E-state index is -4.49. The third-order valence-corrected chi connectivity index (χ3v) is 8.06. The van der Waals surface area contributed by atoms with E-state index in [1.165, 1.54) is 0 Å². The highest BCUT2D eigenvalue weighted by Crippen LogP contribution is 2.51. The maximum Gasteiger partial charge on any atom is 0.405 e. The lowest BCUT2D eigenvalue weighted by atomic mass is 9.73. The average molecular weight is 551 g/mol. The number of unbranched alkanes of at least 4 members (excludes halogenated alkanes) is 1. The van der Waals surface area contributed by atoms with Crippen molar-refractivity contribution in [3.8, 4) is 11.1 Å². The van der Waals surface area contributed by atoms with Crippen molar-refractivity contribution in [2.45, 2.75) is 30.9 Å². The van der Waals surface area contributed by atoms with Gasteiger partial charge in [0.15, 0.2) is 0 Å². The molecular weight excluding hydrogens is 517 g/mol. The summed E-state index contributed by atoms with van der Waals surface area (Å²) in [7, 11) is 0. The van der Waals surface area contributed by atoms with Crippen LogP contribution in [0.3, 0.4) is 0 Å². The molecule has 1 heterocycles. The lowest BCUT2D eigenvalue weighted by Crippen LogP contribution is -2.48. The van der Waals surface area contributed by atoms with Crippen molar-refractivity contribution >= 4 is 17.5 Å². The fourth-order valence-electron chi connectivity index (χ4n) is 6.18. The Morgan fingerprint density at radius 3 is 2.00 bits per heavy atom. The summed E-state index contributed by atoms with van der Waals surface area (Å²) in [5.41, 5.74) is 9.06. The molecule has 0 aromatic heterocycles. The number of para-hydroxylation sites is 1. The Morgan fingerprint density at radius 2 is 1.40 bits per heavy atom. The van der Waals surface area contributed by atoms with Gasteiger partial charge in [-0.3, -0.25) is 14.5 Å². The SMILES string of the molecule is NC(=O)c1ccccc1N1CCN(CCCCC2(C(=O)NCC(F)(F)F)c3ccccc3-c3ccccc32)CC1. The molecule has 9 heteroatoms. The number of hydrogen-bond acceptors (Lipinski definition) is 4. The fraction of sp³-hybridized carbons (Fsp3) is 0.355. The molecule has 1 aliphatic carbocycles. The van der Waals surface area contributed by atoms with E-state index in [4.69, 9.17) is 5.73 Å². The van der Waals surface area contributed by atoms with Crippen molar-refractivity contribution in [2.75, 3.05) is 44.2 Å². The van der Waals surface area contributed by atoms with Crippen LogP contribution in [0.2, 0.25) is 0 Å². The third-order valence-electron chi connectivity index (χ3n) is 8.06. The van der Waals surface area contributed by atoms with Gasteiger partial charge in [0.2, 0.25) is 5.91 Å². The Kier molecular flexibility index (Phi) is 7.85. The second-order valence-electron chi connectivity index (χ2n) is 10.5. The number of nitrogens with one attached hydrogen (secondary N) is 1. The van der Waals surface area contributed by atoms with Gasteiger partial charge in [0.1, 0.15) is 12.0 Å². The van der Waals surface area contributed by atoms with E-state index in [2.05, 4.69) is 15.1 Å². The van der Waals surface area contributed by atoms with E-state index >= 15 is 0 Å². The molecule has 0 bridgehead atoms. The van der Waals surface area contributed by atoms with E-state index < -0.39 is 30.0 Å². The number of carbonyl (C=O) groups excluding carboxylic acids is 2. The van der Waals surface area contributed by atoms with Crippen LogP contribution in [0.25, 0.3) is 11.1 Å². The summed E-state index contributed by atoms with van der Waals surface area (Å²) in [5.74, 6) is -1.05. The summed E-state index contributed by atoms with van der Waals surface area (Å²) >= 11 is 0. The maximum absolute atomic E-state index is 13.6. The summed E-state index contributed by atoms with van der Waals surface area (Å²) in [6, 6.07) is 22.4. The van der Waals surface area contributed by atoms with Crippen LogP contribution in [0.1, 0.15) is 40.7 Å². The number of primary amides is 1. The van der Waals surface area contributed by atoms with E-state index in [0.29, 0.717) is 18.4 Å². The molecule has 2 amide bonds. The topological polar surface area (TPSA) is 78.7 Å². The molecule has 0 radical (unpaired) electrons. The normalized spacial score (nSPS) is 16.3. The zero-order valence-corrected chi connectivity index (χ0v) is 22.2. The number of carbonyl (C=O) groups is 2. The van der Waals surface area contributed by atoms with Crippen LogP contribution < -0.4 is 16.0 Å². The summed E-state index contributed by atoms with van der Waals surface area (Å²) < 4.78 is 39.2. The molecular formula is C31H33F3N4O2. The van der Waals surface area contributed by atoms with Crippen LogP contribution in [0.15, 0.2) is 72.8 Å². The number of piperazine rings is 1. The lowest BCUT2D eigenvalue weighted by molar-refractivity contribution is -0.141. The number of nitrogens with two attached hydrogens (primary N) is 1. The van der Waals surface area contributed by atoms with Crippen molar-refractivity contribution in [2.24, 2.45) is 5.73 Å². The van der Waals surface area contributed by atoms with Gasteiger partial charge in [-0.2, -0.15) is 13.2 Å². The van der Waals surface area contributed by atoms with Crippen molar-refractivity contribution in [1.82, 2.24) is 10.2 Å². The predicted molar refractivity (Wildman–Crippen MR) is 149 cm³/mol. The Morgan fingerprint density at radius 1 is 0.825 bits per heavy atom. The summed E-state index contributed by atoms with van der Waals surface area (Å²) in [5, 5.41) is 2.20.